The van der Waals surface area contributed by atoms with Crippen LogP contribution in [0.15, 0.2) is 0 Å². The van der Waals surface area contributed by atoms with Crippen molar-refractivity contribution in [1.29, 1.82) is 0 Å². The molecule has 3 heteroatoms. The summed E-state index contributed by atoms with van der Waals surface area (Å²) in [7, 11) is 0. The highest BCUT2D eigenvalue weighted by Crippen LogP contribution is 2.29. The van der Waals surface area contributed by atoms with Gasteiger partial charge in [0, 0.05) is 13.1 Å². The highest BCUT2D eigenvalue weighted by atomic mass is 16.2. The zero-order valence-corrected chi connectivity index (χ0v) is 9.68. The highest BCUT2D eigenvalue weighted by Gasteiger charge is 2.27. The first-order valence-electron chi connectivity index (χ1n) is 5.47. The van der Waals surface area contributed by atoms with Crippen LogP contribution in [0.3, 0.4) is 0 Å². The Bertz CT molecular complexity index is 255. The maximum absolute atomic E-state index is 11.7. The molecule has 0 aliphatic carbocycles. The number of hydrogen-bond acceptors (Lipinski definition) is 2. The Morgan fingerprint density at radius 2 is 2.07 bits per heavy atom. The van der Waals surface area contributed by atoms with Gasteiger partial charge in [-0.15, -0.1) is 6.42 Å². The standard InChI is InChI=1S/C12H20N2O/c1-4-7-13-10-11(15)14-8-5-12(2,3)6-9-14/h1,13H,5-10H2,2-3H3. The third kappa shape index (κ3) is 3.93. The third-order valence-electron chi connectivity index (χ3n) is 2.97. The molecule has 1 N–H and O–H groups in total. The quantitative estimate of drug-likeness (QED) is 0.551. The van der Waals surface area contributed by atoms with Gasteiger partial charge < -0.3 is 4.90 Å². The Morgan fingerprint density at radius 3 is 2.60 bits per heavy atom. The van der Waals surface area contributed by atoms with Crippen molar-refractivity contribution >= 4 is 5.91 Å². The molecule has 0 aromatic rings. The van der Waals surface area contributed by atoms with E-state index in [1.165, 1.54) is 0 Å². The molecule has 0 unspecified atom stereocenters. The molecule has 0 spiro atoms. The van der Waals surface area contributed by atoms with Gasteiger partial charge in [-0.1, -0.05) is 19.8 Å². The van der Waals surface area contributed by atoms with E-state index in [2.05, 4.69) is 25.1 Å². The van der Waals surface area contributed by atoms with Crippen LogP contribution in [-0.2, 0) is 4.79 Å². The van der Waals surface area contributed by atoms with E-state index >= 15 is 0 Å². The lowest BCUT2D eigenvalue weighted by atomic mass is 9.83. The molecule has 1 fully saturated rings. The molecule has 0 aromatic carbocycles. The molecule has 0 aromatic heterocycles. The second-order valence-electron chi connectivity index (χ2n) is 4.85. The Balaban J connectivity index is 2.28. The fourth-order valence-corrected chi connectivity index (χ4v) is 1.71. The first-order chi connectivity index (χ1) is 7.05. The van der Waals surface area contributed by atoms with Crippen molar-refractivity contribution in [3.63, 3.8) is 0 Å². The van der Waals surface area contributed by atoms with Gasteiger partial charge in [-0.2, -0.15) is 0 Å². The summed E-state index contributed by atoms with van der Waals surface area (Å²) in [5, 5.41) is 2.93. The molecule has 1 saturated heterocycles. The summed E-state index contributed by atoms with van der Waals surface area (Å²) in [6.07, 6.45) is 7.27. The number of amides is 1. The molecule has 1 aliphatic heterocycles. The Labute approximate surface area is 92.2 Å². The van der Waals surface area contributed by atoms with Crippen LogP contribution in [0.25, 0.3) is 0 Å². The summed E-state index contributed by atoms with van der Waals surface area (Å²) in [6.45, 7) is 7.10. The van der Waals surface area contributed by atoms with Crippen LogP contribution in [0.4, 0.5) is 0 Å². The summed E-state index contributed by atoms with van der Waals surface area (Å²) in [5.74, 6) is 2.62. The van der Waals surface area contributed by atoms with Crippen LogP contribution in [0.2, 0.25) is 0 Å². The predicted octanol–water partition coefficient (Wildman–Crippen LogP) is 0.858. The largest absolute Gasteiger partial charge is 0.342 e. The van der Waals surface area contributed by atoms with Crippen LogP contribution in [-0.4, -0.2) is 37.0 Å². The van der Waals surface area contributed by atoms with Crippen molar-refractivity contribution in [3.05, 3.63) is 0 Å². The highest BCUT2D eigenvalue weighted by molar-refractivity contribution is 5.78. The van der Waals surface area contributed by atoms with E-state index in [1.807, 2.05) is 4.90 Å². The SMILES string of the molecule is C#CCNCC(=O)N1CCC(C)(C)CC1. The van der Waals surface area contributed by atoms with Gasteiger partial charge in [0.25, 0.3) is 0 Å². The van der Waals surface area contributed by atoms with Gasteiger partial charge in [0.15, 0.2) is 0 Å². The van der Waals surface area contributed by atoms with E-state index in [-0.39, 0.29) is 5.91 Å². The number of terminal acetylenes is 1. The fraction of sp³-hybridized carbons (Fsp3) is 0.750. The minimum Gasteiger partial charge on any atom is -0.342 e. The van der Waals surface area contributed by atoms with Gasteiger partial charge in [0.05, 0.1) is 13.1 Å². The number of hydrogen-bond donors (Lipinski definition) is 1. The molecular weight excluding hydrogens is 188 g/mol. The van der Waals surface area contributed by atoms with Crippen molar-refractivity contribution in [1.82, 2.24) is 10.2 Å². The number of likely N-dealkylation sites (tertiary alicyclic amines) is 1. The van der Waals surface area contributed by atoms with Gasteiger partial charge in [0.2, 0.25) is 5.91 Å². The molecule has 84 valence electrons. The van der Waals surface area contributed by atoms with E-state index in [4.69, 9.17) is 6.42 Å². The number of nitrogens with one attached hydrogen (secondary N) is 1. The molecule has 3 nitrogen and oxygen atoms in total. The smallest absolute Gasteiger partial charge is 0.236 e. The summed E-state index contributed by atoms with van der Waals surface area (Å²) in [6, 6.07) is 0. The third-order valence-corrected chi connectivity index (χ3v) is 2.97. The predicted molar refractivity (Wildman–Crippen MR) is 61.3 cm³/mol. The Kier molecular flexibility index (Phi) is 4.16. The molecule has 0 saturated carbocycles. The first-order valence-corrected chi connectivity index (χ1v) is 5.47. The maximum Gasteiger partial charge on any atom is 0.236 e. The van der Waals surface area contributed by atoms with Crippen LogP contribution < -0.4 is 5.32 Å². The van der Waals surface area contributed by atoms with Crippen molar-refractivity contribution in [3.8, 4) is 12.3 Å². The minimum absolute atomic E-state index is 0.167. The molecule has 1 rings (SSSR count). The lowest BCUT2D eigenvalue weighted by Gasteiger charge is -2.36. The summed E-state index contributed by atoms with van der Waals surface area (Å²) >= 11 is 0. The van der Waals surface area contributed by atoms with E-state index in [9.17, 15) is 4.79 Å². The average Bonchev–Trinajstić information content (AvgIpc) is 2.18. The molecule has 0 atom stereocenters. The normalized spacial score (nSPS) is 19.7. The summed E-state index contributed by atoms with van der Waals surface area (Å²) in [5.41, 5.74) is 0.392. The number of piperidine rings is 1. The number of nitrogens with zero attached hydrogens (tertiary/aromatic N) is 1. The topological polar surface area (TPSA) is 32.3 Å². The second-order valence-corrected chi connectivity index (χ2v) is 4.85. The lowest BCUT2D eigenvalue weighted by Crippen LogP contribution is -2.44. The second kappa shape index (κ2) is 5.18. The fourth-order valence-electron chi connectivity index (χ4n) is 1.71. The van der Waals surface area contributed by atoms with Gasteiger partial charge >= 0.3 is 0 Å². The molecular formula is C12H20N2O. The van der Waals surface area contributed by atoms with Crippen LogP contribution >= 0.6 is 0 Å². The van der Waals surface area contributed by atoms with E-state index in [0.717, 1.165) is 25.9 Å². The monoisotopic (exact) mass is 208 g/mol. The zero-order valence-electron chi connectivity index (χ0n) is 9.68. The first kappa shape index (κ1) is 12.1. The van der Waals surface area contributed by atoms with E-state index in [1.54, 1.807) is 0 Å². The Morgan fingerprint density at radius 1 is 1.47 bits per heavy atom. The summed E-state index contributed by atoms with van der Waals surface area (Å²) in [4.78, 5) is 13.6. The van der Waals surface area contributed by atoms with Gasteiger partial charge in [0.1, 0.15) is 0 Å². The molecule has 15 heavy (non-hydrogen) atoms. The van der Waals surface area contributed by atoms with Gasteiger partial charge in [-0.25, -0.2) is 0 Å². The van der Waals surface area contributed by atoms with Gasteiger partial charge in [-0.05, 0) is 18.3 Å². The molecule has 0 radical (unpaired) electrons. The zero-order chi connectivity index (χ0) is 11.3. The molecule has 0 bridgehead atoms. The molecule has 1 amide bonds. The van der Waals surface area contributed by atoms with Gasteiger partial charge in [-0.3, -0.25) is 10.1 Å². The van der Waals surface area contributed by atoms with Crippen LogP contribution in [0, 0.1) is 17.8 Å². The number of rotatable bonds is 3. The lowest BCUT2D eigenvalue weighted by molar-refractivity contribution is -0.132. The Hall–Kier alpha value is -1.01. The number of carbonyl (C=O) groups is 1. The summed E-state index contributed by atoms with van der Waals surface area (Å²) < 4.78 is 0. The van der Waals surface area contributed by atoms with Crippen LogP contribution in [0.1, 0.15) is 26.7 Å². The van der Waals surface area contributed by atoms with E-state index < -0.39 is 0 Å². The van der Waals surface area contributed by atoms with E-state index in [0.29, 0.717) is 18.5 Å². The van der Waals surface area contributed by atoms with Crippen molar-refractivity contribution in [2.24, 2.45) is 5.41 Å². The van der Waals surface area contributed by atoms with Crippen molar-refractivity contribution < 1.29 is 4.79 Å². The number of carbonyl (C=O) groups excluding carboxylic acids is 1. The molecule has 1 heterocycles. The average molecular weight is 208 g/mol. The maximum atomic E-state index is 11.7. The molecule has 1 aliphatic rings. The van der Waals surface area contributed by atoms with Crippen molar-refractivity contribution in [2.75, 3.05) is 26.2 Å². The minimum atomic E-state index is 0.167. The van der Waals surface area contributed by atoms with Crippen LogP contribution in [0.5, 0.6) is 0 Å². The van der Waals surface area contributed by atoms with Crippen molar-refractivity contribution in [2.45, 2.75) is 26.7 Å².